The maximum Gasteiger partial charge on any atom is 0.193 e. The van der Waals surface area contributed by atoms with Crippen molar-refractivity contribution in [3.63, 3.8) is 0 Å². The van der Waals surface area contributed by atoms with Crippen molar-refractivity contribution in [1.82, 2.24) is 4.98 Å². The molecule has 0 amide bonds. The Kier molecular flexibility index (Phi) is 3.56. The minimum Gasteiger partial charge on any atom is -0.289 e. The molecule has 2 aromatic rings. The predicted octanol–water partition coefficient (Wildman–Crippen LogP) is 3.49. The second-order valence-electron chi connectivity index (χ2n) is 4.52. The molecular weight excluding hydrogens is 222 g/mol. The molecule has 0 radical (unpaired) electrons. The van der Waals surface area contributed by atoms with Crippen LogP contribution in [0, 0.1) is 13.8 Å². The quantitative estimate of drug-likeness (QED) is 0.767. The minimum absolute atomic E-state index is 0.0684. The fraction of sp³-hybridized carbons (Fsp3) is 0.250. The summed E-state index contributed by atoms with van der Waals surface area (Å²) in [6.07, 6.45) is 0.940. The van der Waals surface area contributed by atoms with Gasteiger partial charge in [0.1, 0.15) is 0 Å². The molecule has 1 aromatic carbocycles. The molecule has 0 spiro atoms. The average Bonchev–Trinajstić information content (AvgIpc) is 2.37. The molecule has 0 bridgehead atoms. The standard InChI is InChI=1S/C16H17NO/c1-4-13-6-5-7-14(10-13)16(18)15-8-11(2)17-12(3)9-15/h5-10H,4H2,1-3H3. The van der Waals surface area contributed by atoms with E-state index in [1.54, 1.807) is 0 Å². The van der Waals surface area contributed by atoms with Crippen molar-refractivity contribution in [2.75, 3.05) is 0 Å². The largest absolute Gasteiger partial charge is 0.289 e. The monoisotopic (exact) mass is 239 g/mol. The van der Waals surface area contributed by atoms with Gasteiger partial charge in [-0.1, -0.05) is 25.1 Å². The first-order valence-corrected chi connectivity index (χ1v) is 6.19. The third kappa shape index (κ3) is 2.65. The van der Waals surface area contributed by atoms with Crippen molar-refractivity contribution in [2.45, 2.75) is 27.2 Å². The Labute approximate surface area is 108 Å². The molecule has 2 rings (SSSR count). The van der Waals surface area contributed by atoms with E-state index in [9.17, 15) is 4.79 Å². The molecule has 0 aliphatic heterocycles. The normalized spacial score (nSPS) is 10.4. The number of pyridine rings is 1. The van der Waals surface area contributed by atoms with Gasteiger partial charge in [0.2, 0.25) is 0 Å². The van der Waals surface area contributed by atoms with Gasteiger partial charge in [-0.15, -0.1) is 0 Å². The number of aromatic nitrogens is 1. The number of ketones is 1. The van der Waals surface area contributed by atoms with E-state index in [1.807, 2.05) is 50.2 Å². The smallest absolute Gasteiger partial charge is 0.193 e. The summed E-state index contributed by atoms with van der Waals surface area (Å²) in [6, 6.07) is 11.5. The summed E-state index contributed by atoms with van der Waals surface area (Å²) in [5, 5.41) is 0. The van der Waals surface area contributed by atoms with E-state index < -0.39 is 0 Å². The predicted molar refractivity (Wildman–Crippen MR) is 73.0 cm³/mol. The van der Waals surface area contributed by atoms with Gasteiger partial charge < -0.3 is 0 Å². The summed E-state index contributed by atoms with van der Waals surface area (Å²) >= 11 is 0. The van der Waals surface area contributed by atoms with Crippen molar-refractivity contribution in [2.24, 2.45) is 0 Å². The summed E-state index contributed by atoms with van der Waals surface area (Å²) in [7, 11) is 0. The molecule has 2 heteroatoms. The topological polar surface area (TPSA) is 30.0 Å². The Morgan fingerprint density at radius 3 is 2.33 bits per heavy atom. The fourth-order valence-corrected chi connectivity index (χ4v) is 2.06. The first-order chi connectivity index (χ1) is 8.60. The van der Waals surface area contributed by atoms with Crippen LogP contribution in [0.3, 0.4) is 0 Å². The Morgan fingerprint density at radius 1 is 1.06 bits per heavy atom. The van der Waals surface area contributed by atoms with E-state index in [0.717, 1.165) is 23.4 Å². The van der Waals surface area contributed by atoms with Gasteiger partial charge in [-0.05, 0) is 44.0 Å². The van der Waals surface area contributed by atoms with Crippen molar-refractivity contribution < 1.29 is 4.79 Å². The summed E-state index contributed by atoms with van der Waals surface area (Å²) in [4.78, 5) is 16.7. The van der Waals surface area contributed by atoms with Gasteiger partial charge in [0.15, 0.2) is 5.78 Å². The van der Waals surface area contributed by atoms with E-state index in [1.165, 1.54) is 5.56 Å². The number of benzene rings is 1. The van der Waals surface area contributed by atoms with Gasteiger partial charge in [-0.2, -0.15) is 0 Å². The summed E-state index contributed by atoms with van der Waals surface area (Å²) in [6.45, 7) is 5.91. The zero-order valence-corrected chi connectivity index (χ0v) is 11.0. The van der Waals surface area contributed by atoms with Gasteiger partial charge in [-0.3, -0.25) is 9.78 Å². The third-order valence-corrected chi connectivity index (χ3v) is 2.94. The molecule has 0 atom stereocenters. The number of hydrogen-bond donors (Lipinski definition) is 0. The first kappa shape index (κ1) is 12.5. The second-order valence-corrected chi connectivity index (χ2v) is 4.52. The Morgan fingerprint density at radius 2 is 1.72 bits per heavy atom. The molecule has 0 unspecified atom stereocenters. The molecular formula is C16H17NO. The number of rotatable bonds is 3. The number of aryl methyl sites for hydroxylation is 3. The summed E-state index contributed by atoms with van der Waals surface area (Å²) < 4.78 is 0. The number of hydrogen-bond acceptors (Lipinski definition) is 2. The maximum atomic E-state index is 12.4. The highest BCUT2D eigenvalue weighted by molar-refractivity contribution is 6.09. The van der Waals surface area contributed by atoms with Crippen molar-refractivity contribution in [3.8, 4) is 0 Å². The van der Waals surface area contributed by atoms with Crippen LogP contribution in [0.2, 0.25) is 0 Å². The molecule has 1 heterocycles. The van der Waals surface area contributed by atoms with E-state index in [0.29, 0.717) is 5.56 Å². The summed E-state index contributed by atoms with van der Waals surface area (Å²) in [5.41, 5.74) is 4.41. The molecule has 18 heavy (non-hydrogen) atoms. The zero-order chi connectivity index (χ0) is 13.1. The highest BCUT2D eigenvalue weighted by Gasteiger charge is 2.10. The zero-order valence-electron chi connectivity index (χ0n) is 11.0. The van der Waals surface area contributed by atoms with Crippen LogP contribution in [0.25, 0.3) is 0 Å². The molecule has 0 saturated heterocycles. The van der Waals surface area contributed by atoms with Gasteiger partial charge in [0, 0.05) is 22.5 Å². The van der Waals surface area contributed by atoms with Crippen LogP contribution in [0.1, 0.15) is 39.8 Å². The lowest BCUT2D eigenvalue weighted by Crippen LogP contribution is -2.04. The average molecular weight is 239 g/mol. The lowest BCUT2D eigenvalue weighted by atomic mass is 10.0. The van der Waals surface area contributed by atoms with Crippen molar-refractivity contribution in [1.29, 1.82) is 0 Å². The van der Waals surface area contributed by atoms with Crippen LogP contribution in [-0.2, 0) is 6.42 Å². The van der Waals surface area contributed by atoms with Crippen LogP contribution in [0.15, 0.2) is 36.4 Å². The Balaban J connectivity index is 2.41. The van der Waals surface area contributed by atoms with Crippen LogP contribution in [-0.4, -0.2) is 10.8 Å². The van der Waals surface area contributed by atoms with Crippen LogP contribution in [0.4, 0.5) is 0 Å². The van der Waals surface area contributed by atoms with E-state index in [2.05, 4.69) is 11.9 Å². The van der Waals surface area contributed by atoms with E-state index in [-0.39, 0.29) is 5.78 Å². The first-order valence-electron chi connectivity index (χ1n) is 6.19. The highest BCUT2D eigenvalue weighted by atomic mass is 16.1. The second kappa shape index (κ2) is 5.13. The van der Waals surface area contributed by atoms with E-state index >= 15 is 0 Å². The SMILES string of the molecule is CCc1cccc(C(=O)c2cc(C)nc(C)c2)c1. The molecule has 2 nitrogen and oxygen atoms in total. The van der Waals surface area contributed by atoms with Crippen LogP contribution < -0.4 is 0 Å². The lowest BCUT2D eigenvalue weighted by molar-refractivity contribution is 0.103. The van der Waals surface area contributed by atoms with Gasteiger partial charge in [0.05, 0.1) is 0 Å². The fourth-order valence-electron chi connectivity index (χ4n) is 2.06. The van der Waals surface area contributed by atoms with Crippen LogP contribution in [0.5, 0.6) is 0 Å². The Hall–Kier alpha value is -1.96. The van der Waals surface area contributed by atoms with Gasteiger partial charge in [-0.25, -0.2) is 0 Å². The number of carbonyl (C=O) groups is 1. The minimum atomic E-state index is 0.0684. The number of nitrogens with zero attached hydrogens (tertiary/aromatic N) is 1. The molecule has 0 fully saturated rings. The van der Waals surface area contributed by atoms with E-state index in [4.69, 9.17) is 0 Å². The lowest BCUT2D eigenvalue weighted by Gasteiger charge is -2.05. The third-order valence-electron chi connectivity index (χ3n) is 2.94. The number of carbonyl (C=O) groups excluding carboxylic acids is 1. The molecule has 0 aliphatic rings. The van der Waals surface area contributed by atoms with Crippen LogP contribution >= 0.6 is 0 Å². The molecule has 0 aliphatic carbocycles. The maximum absolute atomic E-state index is 12.4. The molecule has 92 valence electrons. The van der Waals surface area contributed by atoms with Gasteiger partial charge >= 0.3 is 0 Å². The van der Waals surface area contributed by atoms with Crippen molar-refractivity contribution in [3.05, 3.63) is 64.5 Å². The molecule has 0 N–H and O–H groups in total. The van der Waals surface area contributed by atoms with Gasteiger partial charge in [0.25, 0.3) is 0 Å². The highest BCUT2D eigenvalue weighted by Crippen LogP contribution is 2.14. The van der Waals surface area contributed by atoms with Crippen molar-refractivity contribution >= 4 is 5.78 Å². The summed E-state index contributed by atoms with van der Waals surface area (Å²) in [5.74, 6) is 0.0684. The molecule has 1 aromatic heterocycles. The Bertz CT molecular complexity index is 567. The molecule has 0 saturated carbocycles.